The van der Waals surface area contributed by atoms with E-state index < -0.39 is 0 Å². The molecule has 0 N–H and O–H groups in total. The molecule has 9 rings (SSSR count). The minimum Gasteiger partial charge on any atom is -0.493 e. The molecule has 2 bridgehead atoms. The Bertz CT molecular complexity index is 1680. The number of pyridine rings is 2. The summed E-state index contributed by atoms with van der Waals surface area (Å²) in [5.41, 5.74) is 2.40. The normalized spacial score (nSPS) is 24.9. The number of aromatic nitrogens is 3. The molecule has 0 amide bonds. The van der Waals surface area contributed by atoms with Crippen molar-refractivity contribution in [3.8, 4) is 22.8 Å². The van der Waals surface area contributed by atoms with E-state index in [1.165, 1.54) is 12.5 Å². The topological polar surface area (TPSA) is 79.5 Å². The lowest BCUT2D eigenvalue weighted by Crippen LogP contribution is -2.49. The van der Waals surface area contributed by atoms with Gasteiger partial charge < -0.3 is 18.7 Å². The SMILES string of the molecule is Fc1cc(OCC23CCC(OCc4c(-c5c(Cl)cncc5Cl)noc4C4CC4)(CC2)CC3)cc2c(OC3CCC3)ccnc12. The summed E-state index contributed by atoms with van der Waals surface area (Å²) in [7, 11) is 0. The highest BCUT2D eigenvalue weighted by Gasteiger charge is 2.50. The molecule has 0 aliphatic heterocycles. The largest absolute Gasteiger partial charge is 0.493 e. The van der Waals surface area contributed by atoms with Gasteiger partial charge in [0, 0.05) is 52.5 Å². The number of benzene rings is 1. The molecule has 3 heterocycles. The molecule has 5 aliphatic rings. The maximum Gasteiger partial charge on any atom is 0.153 e. The van der Waals surface area contributed by atoms with Crippen molar-refractivity contribution in [2.75, 3.05) is 6.61 Å². The lowest BCUT2D eigenvalue weighted by molar-refractivity contribution is -0.150. The van der Waals surface area contributed by atoms with Crippen LogP contribution in [0.3, 0.4) is 0 Å². The van der Waals surface area contributed by atoms with Crippen molar-refractivity contribution in [3.05, 3.63) is 64.0 Å². The second kappa shape index (κ2) is 11.1. The van der Waals surface area contributed by atoms with Crippen molar-refractivity contribution in [2.45, 2.75) is 94.9 Å². The summed E-state index contributed by atoms with van der Waals surface area (Å²) in [5, 5.41) is 5.95. The first-order valence-electron chi connectivity index (χ1n) is 15.7. The molecule has 4 aromatic rings. The van der Waals surface area contributed by atoms with Gasteiger partial charge in [-0.3, -0.25) is 9.97 Å². The third-order valence-electron chi connectivity index (χ3n) is 10.3. The van der Waals surface area contributed by atoms with Crippen LogP contribution >= 0.6 is 23.2 Å². The monoisotopic (exact) mass is 637 g/mol. The fourth-order valence-corrected chi connectivity index (χ4v) is 7.65. The predicted molar refractivity (Wildman–Crippen MR) is 165 cm³/mol. The van der Waals surface area contributed by atoms with Gasteiger partial charge in [-0.25, -0.2) is 4.39 Å². The Balaban J connectivity index is 0.950. The minimum atomic E-state index is -0.387. The van der Waals surface area contributed by atoms with Gasteiger partial charge in [0.1, 0.15) is 28.5 Å². The smallest absolute Gasteiger partial charge is 0.153 e. The Labute approximate surface area is 265 Å². The maximum absolute atomic E-state index is 15.1. The summed E-state index contributed by atoms with van der Waals surface area (Å²) in [6.45, 7) is 0.951. The van der Waals surface area contributed by atoms with E-state index in [0.29, 0.717) is 62.8 Å². The number of nitrogens with zero attached hydrogens (tertiary/aromatic N) is 3. The van der Waals surface area contributed by atoms with Crippen LogP contribution in [-0.4, -0.2) is 33.4 Å². The summed E-state index contributed by atoms with van der Waals surface area (Å²) < 4.78 is 40.2. The quantitative estimate of drug-likeness (QED) is 0.171. The van der Waals surface area contributed by atoms with E-state index in [4.69, 9.17) is 41.9 Å². The Morgan fingerprint density at radius 2 is 1.73 bits per heavy atom. The maximum atomic E-state index is 15.1. The van der Waals surface area contributed by atoms with Crippen molar-refractivity contribution in [1.29, 1.82) is 0 Å². The first-order valence-corrected chi connectivity index (χ1v) is 16.5. The number of hydrogen-bond donors (Lipinski definition) is 0. The van der Waals surface area contributed by atoms with Crippen molar-refractivity contribution < 1.29 is 23.1 Å². The number of ether oxygens (including phenoxy) is 3. The van der Waals surface area contributed by atoms with Gasteiger partial charge in [-0.05, 0) is 82.8 Å². The zero-order valence-electron chi connectivity index (χ0n) is 24.4. The average molecular weight is 639 g/mol. The minimum absolute atomic E-state index is 0.0519. The second-order valence-electron chi connectivity index (χ2n) is 13.2. The molecule has 5 fully saturated rings. The molecule has 0 radical (unpaired) electrons. The Kier molecular flexibility index (Phi) is 7.22. The van der Waals surface area contributed by atoms with E-state index in [-0.39, 0.29) is 22.9 Å². The fourth-order valence-electron chi connectivity index (χ4n) is 7.10. The molecule has 10 heteroatoms. The second-order valence-corrected chi connectivity index (χ2v) is 14.0. The Morgan fingerprint density at radius 3 is 2.41 bits per heavy atom. The van der Waals surface area contributed by atoms with E-state index in [1.54, 1.807) is 18.6 Å². The highest BCUT2D eigenvalue weighted by Crippen LogP contribution is 2.55. The van der Waals surface area contributed by atoms with Crippen molar-refractivity contribution >= 4 is 34.1 Å². The summed E-state index contributed by atoms with van der Waals surface area (Å²) >= 11 is 13.0. The zero-order chi connectivity index (χ0) is 29.9. The molecule has 3 aromatic heterocycles. The first-order chi connectivity index (χ1) is 21.4. The molecule has 0 atom stereocenters. The standard InChI is InChI=1S/C34H34Cl2FN3O4/c35-25-16-38-17-26(36)29(25)31-24(32(44-40-31)20-4-5-20)18-42-34-10-7-33(8-11-34,9-12-34)19-41-22-14-23-28(43-21-2-1-3-21)6-13-39-30(23)27(37)15-22/h6,13-17,20-21H,1-5,7-12,18-19H2. The third kappa shape index (κ3) is 5.23. The van der Waals surface area contributed by atoms with Crippen molar-refractivity contribution in [1.82, 2.24) is 15.1 Å². The van der Waals surface area contributed by atoms with Gasteiger partial charge in [0.15, 0.2) is 5.82 Å². The summed E-state index contributed by atoms with van der Waals surface area (Å²) in [6, 6.07) is 5.15. The molecule has 0 unspecified atom stereocenters. The molecule has 230 valence electrons. The van der Waals surface area contributed by atoms with Crippen LogP contribution in [0.2, 0.25) is 10.0 Å². The molecular weight excluding hydrogens is 604 g/mol. The van der Waals surface area contributed by atoms with Crippen LogP contribution in [-0.2, 0) is 11.3 Å². The summed E-state index contributed by atoms with van der Waals surface area (Å²) in [5.74, 6) is 2.06. The van der Waals surface area contributed by atoms with Gasteiger partial charge in [-0.1, -0.05) is 28.4 Å². The molecule has 1 aromatic carbocycles. The lowest BCUT2D eigenvalue weighted by atomic mass is 9.59. The zero-order valence-corrected chi connectivity index (χ0v) is 25.9. The van der Waals surface area contributed by atoms with Crippen LogP contribution in [0.25, 0.3) is 22.2 Å². The number of rotatable bonds is 10. The van der Waals surface area contributed by atoms with E-state index in [1.807, 2.05) is 12.1 Å². The van der Waals surface area contributed by atoms with Gasteiger partial charge in [0.2, 0.25) is 0 Å². The first kappa shape index (κ1) is 28.5. The highest BCUT2D eigenvalue weighted by atomic mass is 35.5. The van der Waals surface area contributed by atoms with Crippen LogP contribution in [0.1, 0.15) is 87.9 Å². The molecule has 5 aliphatic carbocycles. The van der Waals surface area contributed by atoms with Crippen molar-refractivity contribution in [3.63, 3.8) is 0 Å². The summed E-state index contributed by atoms with van der Waals surface area (Å²) in [4.78, 5) is 8.35. The van der Waals surface area contributed by atoms with E-state index in [9.17, 15) is 0 Å². The number of fused-ring (bicyclic) bond motifs is 4. The van der Waals surface area contributed by atoms with Crippen LogP contribution in [0.15, 0.2) is 41.3 Å². The molecule has 7 nitrogen and oxygen atoms in total. The Hall–Kier alpha value is -2.94. The number of hydrogen-bond acceptors (Lipinski definition) is 7. The lowest BCUT2D eigenvalue weighted by Gasteiger charge is -2.52. The molecule has 44 heavy (non-hydrogen) atoms. The van der Waals surface area contributed by atoms with Gasteiger partial charge >= 0.3 is 0 Å². The van der Waals surface area contributed by atoms with Gasteiger partial charge in [0.25, 0.3) is 0 Å². The van der Waals surface area contributed by atoms with Crippen LogP contribution in [0, 0.1) is 11.2 Å². The van der Waals surface area contributed by atoms with Crippen molar-refractivity contribution in [2.24, 2.45) is 5.41 Å². The van der Waals surface area contributed by atoms with Gasteiger partial charge in [-0.15, -0.1) is 0 Å². The fraction of sp³-hybridized carbons (Fsp3) is 0.500. The van der Waals surface area contributed by atoms with E-state index >= 15 is 4.39 Å². The Morgan fingerprint density at radius 1 is 0.977 bits per heavy atom. The third-order valence-corrected chi connectivity index (χ3v) is 10.9. The van der Waals surface area contributed by atoms with Gasteiger partial charge in [-0.2, -0.15) is 0 Å². The van der Waals surface area contributed by atoms with Crippen LogP contribution in [0.5, 0.6) is 11.5 Å². The molecular formula is C34H34Cl2FN3O4. The van der Waals surface area contributed by atoms with Crippen LogP contribution in [0.4, 0.5) is 4.39 Å². The molecule has 5 saturated carbocycles. The molecule has 0 spiro atoms. The summed E-state index contributed by atoms with van der Waals surface area (Å²) in [6.07, 6.45) is 16.2. The predicted octanol–water partition coefficient (Wildman–Crippen LogP) is 9.23. The van der Waals surface area contributed by atoms with E-state index in [2.05, 4.69) is 15.1 Å². The average Bonchev–Trinajstić information content (AvgIpc) is 3.78. The highest BCUT2D eigenvalue weighted by molar-refractivity contribution is 6.38. The number of halogens is 3. The van der Waals surface area contributed by atoms with Gasteiger partial charge in [0.05, 0.1) is 35.0 Å². The molecule has 0 saturated heterocycles. The van der Waals surface area contributed by atoms with E-state index in [0.717, 1.165) is 75.5 Å². The van der Waals surface area contributed by atoms with Crippen LogP contribution < -0.4 is 9.47 Å².